The largest absolute Gasteiger partial charge is 0.327 e. The van der Waals surface area contributed by atoms with Gasteiger partial charge in [0.2, 0.25) is 0 Å². The summed E-state index contributed by atoms with van der Waals surface area (Å²) in [4.78, 5) is 4.77. The highest BCUT2D eigenvalue weighted by atomic mass is 15.1. The molecular formula is C18H29N3. The van der Waals surface area contributed by atoms with Gasteiger partial charge < -0.3 is 10.3 Å². The third-order valence-electron chi connectivity index (χ3n) is 4.14. The number of hydrogen-bond acceptors (Lipinski definition) is 2. The van der Waals surface area contributed by atoms with Gasteiger partial charge in [-0.3, -0.25) is 0 Å². The van der Waals surface area contributed by atoms with Crippen molar-refractivity contribution in [3.63, 3.8) is 0 Å². The molecule has 0 saturated heterocycles. The minimum atomic E-state index is -0.0156. The van der Waals surface area contributed by atoms with Crippen LogP contribution in [0.4, 0.5) is 0 Å². The van der Waals surface area contributed by atoms with Crippen LogP contribution in [-0.2, 0) is 13.0 Å². The van der Waals surface area contributed by atoms with Gasteiger partial charge >= 0.3 is 0 Å². The fourth-order valence-electron chi connectivity index (χ4n) is 2.87. The molecule has 0 bridgehead atoms. The zero-order chi connectivity index (χ0) is 15.2. The van der Waals surface area contributed by atoms with Crippen molar-refractivity contribution in [3.8, 4) is 0 Å². The van der Waals surface area contributed by atoms with E-state index in [4.69, 9.17) is 10.7 Å². The lowest BCUT2D eigenvalue weighted by Crippen LogP contribution is -2.13. The first-order valence-corrected chi connectivity index (χ1v) is 8.42. The molecule has 0 aliphatic carbocycles. The number of nitrogens with two attached hydrogens (primary N) is 1. The SMILES string of the molecule is CCCCCCCn1c(C(C)N)nc2cc(CC)ccc21. The van der Waals surface area contributed by atoms with Gasteiger partial charge in [0.1, 0.15) is 5.82 Å². The van der Waals surface area contributed by atoms with E-state index in [0.717, 1.165) is 24.3 Å². The van der Waals surface area contributed by atoms with Gasteiger partial charge in [0.15, 0.2) is 0 Å². The summed E-state index contributed by atoms with van der Waals surface area (Å²) in [5, 5.41) is 0. The Kier molecular flexibility index (Phi) is 5.80. The van der Waals surface area contributed by atoms with Gasteiger partial charge in [-0.15, -0.1) is 0 Å². The molecule has 0 aliphatic rings. The number of hydrogen-bond donors (Lipinski definition) is 1. The highest BCUT2D eigenvalue weighted by Crippen LogP contribution is 2.22. The van der Waals surface area contributed by atoms with E-state index >= 15 is 0 Å². The van der Waals surface area contributed by atoms with Crippen LogP contribution in [-0.4, -0.2) is 9.55 Å². The van der Waals surface area contributed by atoms with Gasteiger partial charge in [0.05, 0.1) is 17.1 Å². The average Bonchev–Trinajstić information content (AvgIpc) is 2.85. The summed E-state index contributed by atoms with van der Waals surface area (Å²) in [6.45, 7) is 7.49. The normalized spacial score (nSPS) is 13.0. The molecule has 0 radical (unpaired) electrons. The lowest BCUT2D eigenvalue weighted by atomic mass is 10.1. The molecule has 1 aromatic carbocycles. The van der Waals surface area contributed by atoms with Crippen LogP contribution in [0, 0.1) is 0 Å². The van der Waals surface area contributed by atoms with E-state index in [-0.39, 0.29) is 6.04 Å². The Balaban J connectivity index is 2.20. The summed E-state index contributed by atoms with van der Waals surface area (Å²) in [5.74, 6) is 1.02. The van der Waals surface area contributed by atoms with Crippen LogP contribution in [0.25, 0.3) is 11.0 Å². The smallest absolute Gasteiger partial charge is 0.126 e. The Morgan fingerprint density at radius 3 is 2.57 bits per heavy atom. The van der Waals surface area contributed by atoms with Gasteiger partial charge in [-0.1, -0.05) is 45.6 Å². The van der Waals surface area contributed by atoms with Crippen molar-refractivity contribution in [3.05, 3.63) is 29.6 Å². The first-order chi connectivity index (χ1) is 10.2. The quantitative estimate of drug-likeness (QED) is 0.722. The van der Waals surface area contributed by atoms with Crippen LogP contribution in [0.2, 0.25) is 0 Å². The van der Waals surface area contributed by atoms with Gasteiger partial charge in [0, 0.05) is 6.54 Å². The highest BCUT2D eigenvalue weighted by Gasteiger charge is 2.13. The second-order valence-corrected chi connectivity index (χ2v) is 6.00. The van der Waals surface area contributed by atoms with Gasteiger partial charge in [0.25, 0.3) is 0 Å². The van der Waals surface area contributed by atoms with Crippen LogP contribution in [0.3, 0.4) is 0 Å². The van der Waals surface area contributed by atoms with E-state index in [1.54, 1.807) is 0 Å². The Morgan fingerprint density at radius 1 is 1.14 bits per heavy atom. The highest BCUT2D eigenvalue weighted by molar-refractivity contribution is 5.77. The summed E-state index contributed by atoms with van der Waals surface area (Å²) in [6, 6.07) is 6.61. The Bertz CT molecular complexity index is 569. The van der Waals surface area contributed by atoms with Crippen LogP contribution in [0.1, 0.15) is 70.3 Å². The van der Waals surface area contributed by atoms with Gasteiger partial charge in [-0.25, -0.2) is 4.98 Å². The third-order valence-corrected chi connectivity index (χ3v) is 4.14. The molecule has 2 rings (SSSR count). The Morgan fingerprint density at radius 2 is 1.90 bits per heavy atom. The van der Waals surface area contributed by atoms with Crippen LogP contribution in [0.15, 0.2) is 18.2 Å². The number of rotatable bonds is 8. The van der Waals surface area contributed by atoms with Crippen molar-refractivity contribution < 1.29 is 0 Å². The van der Waals surface area contributed by atoms with E-state index in [1.807, 2.05) is 6.92 Å². The standard InChI is InChI=1S/C18H29N3/c1-4-6-7-8-9-12-21-17-11-10-15(5-2)13-16(17)20-18(21)14(3)19/h10-11,13-14H,4-9,12,19H2,1-3H3. The monoisotopic (exact) mass is 287 g/mol. The maximum atomic E-state index is 6.12. The number of unbranched alkanes of at least 4 members (excludes halogenated alkanes) is 4. The maximum absolute atomic E-state index is 6.12. The summed E-state index contributed by atoms with van der Waals surface area (Å²) < 4.78 is 2.32. The maximum Gasteiger partial charge on any atom is 0.126 e. The van der Waals surface area contributed by atoms with E-state index in [1.165, 1.54) is 43.2 Å². The molecule has 0 aliphatic heterocycles. The van der Waals surface area contributed by atoms with E-state index in [0.29, 0.717) is 0 Å². The molecule has 3 nitrogen and oxygen atoms in total. The van der Waals surface area contributed by atoms with E-state index < -0.39 is 0 Å². The van der Waals surface area contributed by atoms with Gasteiger partial charge in [-0.05, 0) is 37.5 Å². The topological polar surface area (TPSA) is 43.8 Å². The predicted octanol–water partition coefficient (Wildman–Crippen LogP) is 4.59. The van der Waals surface area contributed by atoms with Crippen molar-refractivity contribution in [2.24, 2.45) is 5.73 Å². The summed E-state index contributed by atoms with van der Waals surface area (Å²) >= 11 is 0. The zero-order valence-electron chi connectivity index (χ0n) is 13.7. The fraction of sp³-hybridized carbons (Fsp3) is 0.611. The average molecular weight is 287 g/mol. The van der Waals surface area contributed by atoms with Crippen molar-refractivity contribution in [1.82, 2.24) is 9.55 Å². The molecule has 0 saturated carbocycles. The molecule has 1 heterocycles. The first kappa shape index (κ1) is 16.0. The summed E-state index contributed by atoms with van der Waals surface area (Å²) in [5.41, 5.74) is 9.78. The lowest BCUT2D eigenvalue weighted by Gasteiger charge is -2.11. The predicted molar refractivity (Wildman–Crippen MR) is 90.5 cm³/mol. The molecule has 0 fully saturated rings. The van der Waals surface area contributed by atoms with Crippen molar-refractivity contribution in [2.75, 3.05) is 0 Å². The lowest BCUT2D eigenvalue weighted by molar-refractivity contribution is 0.549. The molecule has 1 aromatic heterocycles. The number of aromatic nitrogens is 2. The summed E-state index contributed by atoms with van der Waals surface area (Å²) in [6.07, 6.45) is 7.51. The van der Waals surface area contributed by atoms with Crippen LogP contribution in [0.5, 0.6) is 0 Å². The molecule has 3 heteroatoms. The number of fused-ring (bicyclic) bond motifs is 1. The Hall–Kier alpha value is -1.35. The number of imidazole rings is 1. The molecule has 116 valence electrons. The molecule has 21 heavy (non-hydrogen) atoms. The van der Waals surface area contributed by atoms with Crippen LogP contribution < -0.4 is 5.73 Å². The molecule has 0 spiro atoms. The van der Waals surface area contributed by atoms with Crippen molar-refractivity contribution in [1.29, 1.82) is 0 Å². The van der Waals surface area contributed by atoms with E-state index in [9.17, 15) is 0 Å². The minimum absolute atomic E-state index is 0.0156. The molecule has 0 amide bonds. The Labute approximate surface area is 128 Å². The molecular weight excluding hydrogens is 258 g/mol. The van der Waals surface area contributed by atoms with Crippen molar-refractivity contribution >= 4 is 11.0 Å². The van der Waals surface area contributed by atoms with Crippen LogP contribution >= 0.6 is 0 Å². The first-order valence-electron chi connectivity index (χ1n) is 8.42. The number of aryl methyl sites for hydroxylation is 2. The zero-order valence-corrected chi connectivity index (χ0v) is 13.7. The number of nitrogens with zero attached hydrogens (tertiary/aromatic N) is 2. The summed E-state index contributed by atoms with van der Waals surface area (Å²) in [7, 11) is 0. The molecule has 1 unspecified atom stereocenters. The molecule has 2 aromatic rings. The van der Waals surface area contributed by atoms with Crippen molar-refractivity contribution in [2.45, 2.75) is 71.9 Å². The van der Waals surface area contributed by atoms with Gasteiger partial charge in [-0.2, -0.15) is 0 Å². The second-order valence-electron chi connectivity index (χ2n) is 6.00. The fourth-order valence-corrected chi connectivity index (χ4v) is 2.87. The number of benzene rings is 1. The molecule has 2 N–H and O–H groups in total. The third kappa shape index (κ3) is 3.85. The van der Waals surface area contributed by atoms with E-state index in [2.05, 4.69) is 36.6 Å². The minimum Gasteiger partial charge on any atom is -0.327 e. The second kappa shape index (κ2) is 7.60. The molecule has 1 atom stereocenters.